The summed E-state index contributed by atoms with van der Waals surface area (Å²) in [4.78, 5) is 10.5. The van der Waals surface area contributed by atoms with Crippen molar-refractivity contribution in [3.63, 3.8) is 0 Å². The normalized spacial score (nSPS) is 40.6. The van der Waals surface area contributed by atoms with Gasteiger partial charge in [0.2, 0.25) is 0 Å². The minimum Gasteiger partial charge on any atom is -0.303 e. The molecule has 0 N–H and O–H groups in total. The van der Waals surface area contributed by atoms with Gasteiger partial charge in [-0.2, -0.15) is 0 Å². The molecule has 2 fully saturated rings. The van der Waals surface area contributed by atoms with Gasteiger partial charge in [0, 0.05) is 6.42 Å². The lowest BCUT2D eigenvalue weighted by Gasteiger charge is -2.37. The van der Waals surface area contributed by atoms with Crippen LogP contribution in [0, 0.1) is 23.2 Å². The SMILES string of the molecule is CC1(C)CCC2CC(CC=O)CCC21. The summed E-state index contributed by atoms with van der Waals surface area (Å²) < 4.78 is 0. The van der Waals surface area contributed by atoms with E-state index < -0.39 is 0 Å². The van der Waals surface area contributed by atoms with E-state index in [1.165, 1.54) is 32.1 Å². The summed E-state index contributed by atoms with van der Waals surface area (Å²) in [5.41, 5.74) is 0.580. The van der Waals surface area contributed by atoms with Crippen molar-refractivity contribution >= 4 is 6.29 Å². The second kappa shape index (κ2) is 3.67. The lowest BCUT2D eigenvalue weighted by molar-refractivity contribution is -0.109. The van der Waals surface area contributed by atoms with Crippen molar-refractivity contribution in [1.82, 2.24) is 0 Å². The summed E-state index contributed by atoms with van der Waals surface area (Å²) in [6.45, 7) is 4.86. The number of hydrogen-bond donors (Lipinski definition) is 0. The predicted octanol–water partition coefficient (Wildman–Crippen LogP) is 3.43. The molecule has 14 heavy (non-hydrogen) atoms. The predicted molar refractivity (Wildman–Crippen MR) is 58.0 cm³/mol. The van der Waals surface area contributed by atoms with Gasteiger partial charge < -0.3 is 4.79 Å². The molecule has 2 saturated carbocycles. The fourth-order valence-electron chi connectivity index (χ4n) is 3.80. The van der Waals surface area contributed by atoms with Gasteiger partial charge in [0.25, 0.3) is 0 Å². The molecule has 1 nitrogen and oxygen atoms in total. The van der Waals surface area contributed by atoms with Crippen molar-refractivity contribution in [2.45, 2.75) is 52.4 Å². The number of rotatable bonds is 2. The highest BCUT2D eigenvalue weighted by atomic mass is 16.1. The van der Waals surface area contributed by atoms with E-state index in [9.17, 15) is 4.79 Å². The van der Waals surface area contributed by atoms with E-state index >= 15 is 0 Å². The van der Waals surface area contributed by atoms with Gasteiger partial charge in [0.15, 0.2) is 0 Å². The van der Waals surface area contributed by atoms with E-state index in [1.807, 2.05) is 0 Å². The van der Waals surface area contributed by atoms with Gasteiger partial charge in [-0.1, -0.05) is 13.8 Å². The Hall–Kier alpha value is -0.330. The first-order valence-electron chi connectivity index (χ1n) is 6.07. The van der Waals surface area contributed by atoms with Crippen LogP contribution in [0.25, 0.3) is 0 Å². The highest BCUT2D eigenvalue weighted by molar-refractivity contribution is 5.49. The standard InChI is InChI=1S/C13H22O/c1-13(2)7-5-11-9-10(6-8-14)3-4-12(11)13/h8,10-12H,3-7,9H2,1-2H3. The molecule has 2 aliphatic carbocycles. The van der Waals surface area contributed by atoms with Crippen LogP contribution in [-0.2, 0) is 4.79 Å². The Bertz CT molecular complexity index is 219. The van der Waals surface area contributed by atoms with Gasteiger partial charge in [-0.05, 0) is 55.3 Å². The third-order valence-electron chi connectivity index (χ3n) is 4.68. The molecule has 1 heteroatoms. The lowest BCUT2D eigenvalue weighted by Crippen LogP contribution is -2.28. The van der Waals surface area contributed by atoms with Crippen molar-refractivity contribution < 1.29 is 4.79 Å². The minimum atomic E-state index is 0.580. The maximum Gasteiger partial charge on any atom is 0.120 e. The molecule has 0 aromatic rings. The molecule has 0 aromatic heterocycles. The van der Waals surface area contributed by atoms with Gasteiger partial charge in [0.05, 0.1) is 0 Å². The van der Waals surface area contributed by atoms with Crippen LogP contribution >= 0.6 is 0 Å². The number of carbonyl (C=O) groups excluding carboxylic acids is 1. The Morgan fingerprint density at radius 3 is 2.79 bits per heavy atom. The summed E-state index contributed by atoms with van der Waals surface area (Å²) in [5.74, 6) is 2.59. The van der Waals surface area contributed by atoms with Gasteiger partial charge in [-0.25, -0.2) is 0 Å². The van der Waals surface area contributed by atoms with E-state index in [2.05, 4.69) is 13.8 Å². The van der Waals surface area contributed by atoms with Crippen LogP contribution in [-0.4, -0.2) is 6.29 Å². The Balaban J connectivity index is 1.97. The highest BCUT2D eigenvalue weighted by Crippen LogP contribution is 2.54. The Morgan fingerprint density at radius 1 is 1.29 bits per heavy atom. The lowest BCUT2D eigenvalue weighted by atomic mass is 9.68. The van der Waals surface area contributed by atoms with Crippen molar-refractivity contribution in [3.05, 3.63) is 0 Å². The molecule has 0 bridgehead atoms. The average molecular weight is 194 g/mol. The van der Waals surface area contributed by atoms with Gasteiger partial charge in [-0.3, -0.25) is 0 Å². The zero-order chi connectivity index (χ0) is 10.2. The molecule has 0 amide bonds. The van der Waals surface area contributed by atoms with E-state index in [0.29, 0.717) is 11.3 Å². The van der Waals surface area contributed by atoms with Gasteiger partial charge >= 0.3 is 0 Å². The van der Waals surface area contributed by atoms with Crippen LogP contribution in [0.4, 0.5) is 0 Å². The van der Waals surface area contributed by atoms with Crippen LogP contribution in [0.15, 0.2) is 0 Å². The molecule has 0 aliphatic heterocycles. The zero-order valence-electron chi connectivity index (χ0n) is 9.46. The van der Waals surface area contributed by atoms with Crippen LogP contribution in [0.1, 0.15) is 52.4 Å². The maximum atomic E-state index is 10.5. The Labute approximate surface area is 87.3 Å². The molecule has 3 atom stereocenters. The molecule has 0 aromatic carbocycles. The fraction of sp³-hybridized carbons (Fsp3) is 0.923. The summed E-state index contributed by atoms with van der Waals surface area (Å²) >= 11 is 0. The monoisotopic (exact) mass is 194 g/mol. The molecule has 0 heterocycles. The van der Waals surface area contributed by atoms with Crippen molar-refractivity contribution in [2.24, 2.45) is 23.2 Å². The van der Waals surface area contributed by atoms with Gasteiger partial charge in [0.1, 0.15) is 6.29 Å². The summed E-state index contributed by atoms with van der Waals surface area (Å²) in [6.07, 6.45) is 8.73. The second-order valence-electron chi connectivity index (χ2n) is 5.98. The molecule has 80 valence electrons. The average Bonchev–Trinajstić information content (AvgIpc) is 2.43. The van der Waals surface area contributed by atoms with E-state index in [0.717, 1.165) is 24.5 Å². The summed E-state index contributed by atoms with van der Waals surface area (Å²) in [6, 6.07) is 0. The zero-order valence-corrected chi connectivity index (χ0v) is 9.46. The number of fused-ring (bicyclic) bond motifs is 1. The van der Waals surface area contributed by atoms with Crippen LogP contribution < -0.4 is 0 Å². The molecule has 0 radical (unpaired) electrons. The minimum absolute atomic E-state index is 0.580. The van der Waals surface area contributed by atoms with Gasteiger partial charge in [-0.15, -0.1) is 0 Å². The first-order valence-corrected chi connectivity index (χ1v) is 6.07. The van der Waals surface area contributed by atoms with Crippen molar-refractivity contribution in [2.75, 3.05) is 0 Å². The number of hydrogen-bond acceptors (Lipinski definition) is 1. The molecule has 3 unspecified atom stereocenters. The van der Waals surface area contributed by atoms with Crippen LogP contribution in [0.3, 0.4) is 0 Å². The fourth-order valence-corrected chi connectivity index (χ4v) is 3.80. The van der Waals surface area contributed by atoms with Crippen molar-refractivity contribution in [1.29, 1.82) is 0 Å². The molecular weight excluding hydrogens is 172 g/mol. The second-order valence-corrected chi connectivity index (χ2v) is 5.98. The smallest absolute Gasteiger partial charge is 0.120 e. The summed E-state index contributed by atoms with van der Waals surface area (Å²) in [5, 5.41) is 0. The highest BCUT2D eigenvalue weighted by Gasteiger charge is 2.44. The largest absolute Gasteiger partial charge is 0.303 e. The van der Waals surface area contributed by atoms with Crippen LogP contribution in [0.5, 0.6) is 0 Å². The topological polar surface area (TPSA) is 17.1 Å². The number of aldehydes is 1. The van der Waals surface area contributed by atoms with E-state index in [1.54, 1.807) is 0 Å². The third-order valence-corrected chi connectivity index (χ3v) is 4.68. The van der Waals surface area contributed by atoms with E-state index in [-0.39, 0.29) is 0 Å². The van der Waals surface area contributed by atoms with Crippen LogP contribution in [0.2, 0.25) is 0 Å². The quantitative estimate of drug-likeness (QED) is 0.615. The first-order chi connectivity index (χ1) is 6.63. The maximum absolute atomic E-state index is 10.5. The van der Waals surface area contributed by atoms with Crippen molar-refractivity contribution in [3.8, 4) is 0 Å². The molecule has 2 rings (SSSR count). The number of carbonyl (C=O) groups is 1. The van der Waals surface area contributed by atoms with E-state index in [4.69, 9.17) is 0 Å². The molecule has 2 aliphatic rings. The third kappa shape index (κ3) is 1.74. The molecular formula is C13H22O. The Kier molecular flexibility index (Phi) is 2.68. The molecule has 0 saturated heterocycles. The summed E-state index contributed by atoms with van der Waals surface area (Å²) in [7, 11) is 0. The Morgan fingerprint density at radius 2 is 2.07 bits per heavy atom. The first kappa shape index (κ1) is 10.2. The molecule has 0 spiro atoms.